The zero-order chi connectivity index (χ0) is 17.5. The third-order valence-corrected chi connectivity index (χ3v) is 5.20. The van der Waals surface area contributed by atoms with Crippen molar-refractivity contribution in [2.75, 3.05) is 6.54 Å². The van der Waals surface area contributed by atoms with Crippen LogP contribution in [0.1, 0.15) is 49.0 Å². The van der Waals surface area contributed by atoms with Gasteiger partial charge >= 0.3 is 0 Å². The van der Waals surface area contributed by atoms with E-state index in [2.05, 4.69) is 71.7 Å². The third-order valence-electron chi connectivity index (χ3n) is 4.47. The van der Waals surface area contributed by atoms with Crippen LogP contribution in [0.2, 0.25) is 0 Å². The molecule has 0 fully saturated rings. The van der Waals surface area contributed by atoms with Crippen molar-refractivity contribution in [1.29, 1.82) is 0 Å². The SMILES string of the molecule is Cc1ccc(CN2CCc3c(nc(C(C)(C)C)[nH]c3=O)C2)c(Br)c1. The molecule has 24 heavy (non-hydrogen) atoms. The number of fused-ring (bicyclic) bond motifs is 1. The molecule has 0 unspecified atom stereocenters. The lowest BCUT2D eigenvalue weighted by molar-refractivity contribution is 0.239. The minimum Gasteiger partial charge on any atom is -0.310 e. The van der Waals surface area contributed by atoms with E-state index in [1.807, 2.05) is 0 Å². The predicted octanol–water partition coefficient (Wildman–Crippen LogP) is 3.70. The molecule has 1 aliphatic rings. The average Bonchev–Trinajstić information content (AvgIpc) is 2.49. The highest BCUT2D eigenvalue weighted by atomic mass is 79.9. The number of hydrogen-bond donors (Lipinski definition) is 1. The lowest BCUT2D eigenvalue weighted by Crippen LogP contribution is -2.36. The van der Waals surface area contributed by atoms with E-state index >= 15 is 0 Å². The largest absolute Gasteiger partial charge is 0.310 e. The van der Waals surface area contributed by atoms with Crippen molar-refractivity contribution >= 4 is 15.9 Å². The molecule has 0 bridgehead atoms. The van der Waals surface area contributed by atoms with Crippen LogP contribution >= 0.6 is 15.9 Å². The summed E-state index contributed by atoms with van der Waals surface area (Å²) in [6.45, 7) is 10.8. The number of H-pyrrole nitrogens is 1. The van der Waals surface area contributed by atoms with Gasteiger partial charge in [0, 0.05) is 35.1 Å². The Kier molecular flexibility index (Phi) is 4.67. The van der Waals surface area contributed by atoms with Gasteiger partial charge in [0.1, 0.15) is 5.82 Å². The smallest absolute Gasteiger partial charge is 0.254 e. The van der Waals surface area contributed by atoms with Crippen molar-refractivity contribution in [1.82, 2.24) is 14.9 Å². The molecular weight excluding hydrogens is 366 g/mol. The molecular formula is C19H24BrN3O. The van der Waals surface area contributed by atoms with E-state index in [1.54, 1.807) is 0 Å². The number of aromatic amines is 1. The molecule has 0 saturated carbocycles. The molecule has 128 valence electrons. The van der Waals surface area contributed by atoms with Gasteiger partial charge < -0.3 is 4.98 Å². The second-order valence-corrected chi connectivity index (χ2v) is 8.50. The van der Waals surface area contributed by atoms with Gasteiger partial charge in [-0.25, -0.2) is 4.98 Å². The van der Waals surface area contributed by atoms with Crippen LogP contribution < -0.4 is 5.56 Å². The second kappa shape index (κ2) is 6.45. The maximum atomic E-state index is 12.4. The number of nitrogens with zero attached hydrogens (tertiary/aromatic N) is 2. The fourth-order valence-corrected chi connectivity index (χ4v) is 3.62. The first-order chi connectivity index (χ1) is 11.2. The fraction of sp³-hybridized carbons (Fsp3) is 0.474. The Hall–Kier alpha value is -1.46. The van der Waals surface area contributed by atoms with Gasteiger partial charge in [-0.1, -0.05) is 48.8 Å². The van der Waals surface area contributed by atoms with E-state index in [4.69, 9.17) is 4.98 Å². The summed E-state index contributed by atoms with van der Waals surface area (Å²) in [6, 6.07) is 6.45. The summed E-state index contributed by atoms with van der Waals surface area (Å²) in [6.07, 6.45) is 0.756. The van der Waals surface area contributed by atoms with Crippen LogP contribution in [0.15, 0.2) is 27.5 Å². The lowest BCUT2D eigenvalue weighted by Gasteiger charge is -2.29. The molecule has 1 aliphatic heterocycles. The molecule has 0 saturated heterocycles. The Bertz CT molecular complexity index is 820. The van der Waals surface area contributed by atoms with Crippen LogP contribution in [0.5, 0.6) is 0 Å². The first-order valence-corrected chi connectivity index (χ1v) is 9.13. The molecule has 0 atom stereocenters. The third kappa shape index (κ3) is 3.62. The van der Waals surface area contributed by atoms with Crippen LogP contribution in [0.4, 0.5) is 0 Å². The number of aromatic nitrogens is 2. The monoisotopic (exact) mass is 389 g/mol. The average molecular weight is 390 g/mol. The highest BCUT2D eigenvalue weighted by molar-refractivity contribution is 9.10. The minimum atomic E-state index is -0.156. The predicted molar refractivity (Wildman–Crippen MR) is 100 cm³/mol. The van der Waals surface area contributed by atoms with Crippen LogP contribution in [0.25, 0.3) is 0 Å². The van der Waals surface area contributed by atoms with Crippen LogP contribution in [-0.4, -0.2) is 21.4 Å². The number of rotatable bonds is 2. The van der Waals surface area contributed by atoms with E-state index < -0.39 is 0 Å². The highest BCUT2D eigenvalue weighted by Crippen LogP contribution is 2.24. The molecule has 1 N–H and O–H groups in total. The summed E-state index contributed by atoms with van der Waals surface area (Å²) in [4.78, 5) is 22.5. The molecule has 3 rings (SSSR count). The van der Waals surface area contributed by atoms with E-state index in [1.165, 1.54) is 11.1 Å². The van der Waals surface area contributed by atoms with E-state index in [-0.39, 0.29) is 11.0 Å². The Morgan fingerprint density at radius 2 is 2.08 bits per heavy atom. The van der Waals surface area contributed by atoms with E-state index in [9.17, 15) is 4.79 Å². The fourth-order valence-electron chi connectivity index (χ4n) is 3.01. The van der Waals surface area contributed by atoms with E-state index in [0.717, 1.165) is 47.6 Å². The molecule has 0 amide bonds. The molecule has 0 spiro atoms. The molecule has 1 aromatic heterocycles. The Morgan fingerprint density at radius 3 is 2.75 bits per heavy atom. The lowest BCUT2D eigenvalue weighted by atomic mass is 9.95. The molecule has 0 aliphatic carbocycles. The van der Waals surface area contributed by atoms with Crippen LogP contribution in [-0.2, 0) is 24.9 Å². The van der Waals surface area contributed by atoms with Gasteiger partial charge in [0.2, 0.25) is 0 Å². The number of nitrogens with one attached hydrogen (secondary N) is 1. The van der Waals surface area contributed by atoms with Crippen molar-refractivity contribution < 1.29 is 0 Å². The van der Waals surface area contributed by atoms with Gasteiger partial charge in [-0.2, -0.15) is 0 Å². The van der Waals surface area contributed by atoms with E-state index in [0.29, 0.717) is 0 Å². The summed E-state index contributed by atoms with van der Waals surface area (Å²) in [5, 5.41) is 0. The summed E-state index contributed by atoms with van der Waals surface area (Å²) >= 11 is 3.66. The van der Waals surface area contributed by atoms with Gasteiger partial charge in [0.05, 0.1) is 5.69 Å². The van der Waals surface area contributed by atoms with Crippen molar-refractivity contribution in [3.63, 3.8) is 0 Å². The molecule has 5 heteroatoms. The summed E-state index contributed by atoms with van der Waals surface area (Å²) in [5.74, 6) is 0.768. The van der Waals surface area contributed by atoms with Gasteiger partial charge in [-0.3, -0.25) is 9.69 Å². The van der Waals surface area contributed by atoms with Crippen molar-refractivity contribution in [3.05, 3.63) is 61.2 Å². The minimum absolute atomic E-state index is 0.0288. The standard InChI is InChI=1S/C19H24BrN3O/c1-12-5-6-13(15(20)9-12)10-23-8-7-14-16(11-23)21-18(19(2,3)4)22-17(14)24/h5-6,9H,7-8,10-11H2,1-4H3,(H,21,22,24). The number of halogens is 1. The Labute approximate surface area is 151 Å². The quantitative estimate of drug-likeness (QED) is 0.851. The maximum Gasteiger partial charge on any atom is 0.254 e. The zero-order valence-corrected chi connectivity index (χ0v) is 16.3. The van der Waals surface area contributed by atoms with Crippen LogP contribution in [0.3, 0.4) is 0 Å². The first-order valence-electron chi connectivity index (χ1n) is 8.34. The first kappa shape index (κ1) is 17.4. The molecule has 1 aromatic carbocycles. The molecule has 2 heterocycles. The van der Waals surface area contributed by atoms with Crippen LogP contribution in [0, 0.1) is 6.92 Å². The van der Waals surface area contributed by atoms with Crippen molar-refractivity contribution in [2.24, 2.45) is 0 Å². The second-order valence-electron chi connectivity index (χ2n) is 7.65. The van der Waals surface area contributed by atoms with Crippen molar-refractivity contribution in [3.8, 4) is 0 Å². The molecule has 4 nitrogen and oxygen atoms in total. The maximum absolute atomic E-state index is 12.4. The Morgan fingerprint density at radius 1 is 1.33 bits per heavy atom. The normalized spacial score (nSPS) is 15.4. The van der Waals surface area contributed by atoms with Gasteiger partial charge in [-0.15, -0.1) is 0 Å². The number of benzene rings is 1. The van der Waals surface area contributed by atoms with Gasteiger partial charge in [0.25, 0.3) is 5.56 Å². The number of aryl methyl sites for hydroxylation is 1. The highest BCUT2D eigenvalue weighted by Gasteiger charge is 2.25. The van der Waals surface area contributed by atoms with Crippen molar-refractivity contribution in [2.45, 2.75) is 52.6 Å². The summed E-state index contributed by atoms with van der Waals surface area (Å²) in [5.41, 5.74) is 4.17. The zero-order valence-electron chi connectivity index (χ0n) is 14.7. The Balaban J connectivity index is 1.86. The summed E-state index contributed by atoms with van der Waals surface area (Å²) < 4.78 is 1.14. The molecule has 2 aromatic rings. The summed E-state index contributed by atoms with van der Waals surface area (Å²) in [7, 11) is 0. The number of hydrogen-bond acceptors (Lipinski definition) is 3. The molecule has 0 radical (unpaired) electrons. The van der Waals surface area contributed by atoms with Gasteiger partial charge in [-0.05, 0) is 30.5 Å². The topological polar surface area (TPSA) is 49.0 Å². The van der Waals surface area contributed by atoms with Gasteiger partial charge in [0.15, 0.2) is 0 Å².